The third-order valence-corrected chi connectivity index (χ3v) is 3.64. The van der Waals surface area contributed by atoms with E-state index < -0.39 is 0 Å². The van der Waals surface area contributed by atoms with Crippen LogP contribution in [-0.2, 0) is 6.54 Å². The van der Waals surface area contributed by atoms with Crippen LogP contribution in [0.15, 0.2) is 29.6 Å². The molecule has 1 heterocycles. The summed E-state index contributed by atoms with van der Waals surface area (Å²) in [7, 11) is 4.86. The van der Waals surface area contributed by atoms with Crippen molar-refractivity contribution in [3.8, 4) is 17.2 Å². The summed E-state index contributed by atoms with van der Waals surface area (Å²) < 4.78 is 15.9. The van der Waals surface area contributed by atoms with Crippen LogP contribution >= 0.6 is 11.8 Å². The molecular weight excluding hydrogens is 302 g/mol. The number of ether oxygens (including phenoxy) is 3. The summed E-state index contributed by atoms with van der Waals surface area (Å²) in [6.45, 7) is 0.550. The molecule has 0 atom stereocenters. The number of aromatic nitrogens is 2. The lowest BCUT2D eigenvalue weighted by Crippen LogP contribution is -2.06. The number of anilines is 1. The fraction of sp³-hybridized carbons (Fsp3) is 0.333. The molecule has 2 aromatic rings. The van der Waals surface area contributed by atoms with E-state index in [2.05, 4.69) is 15.3 Å². The third kappa shape index (κ3) is 3.73. The summed E-state index contributed by atoms with van der Waals surface area (Å²) in [6.07, 6.45) is 3.59. The van der Waals surface area contributed by atoms with E-state index >= 15 is 0 Å². The Morgan fingerprint density at radius 2 is 1.86 bits per heavy atom. The van der Waals surface area contributed by atoms with Crippen molar-refractivity contribution in [3.05, 3.63) is 30.0 Å². The van der Waals surface area contributed by atoms with Crippen molar-refractivity contribution in [2.24, 2.45) is 0 Å². The topological polar surface area (TPSA) is 65.5 Å². The van der Waals surface area contributed by atoms with Gasteiger partial charge in [0.15, 0.2) is 16.7 Å². The summed E-state index contributed by atoms with van der Waals surface area (Å²) >= 11 is 1.48. The Bertz CT molecular complexity index is 637. The first-order valence-electron chi connectivity index (χ1n) is 6.61. The molecule has 118 valence electrons. The van der Waals surface area contributed by atoms with Crippen LogP contribution in [0.3, 0.4) is 0 Å². The van der Waals surface area contributed by atoms with E-state index in [9.17, 15) is 0 Å². The standard InChI is InChI=1S/C15H19N3O3S/c1-19-11-6-5-10(12(7-11)20-2)8-16-14-13(21-3)9-17-15(18-14)22-4/h5-7,9H,8H2,1-4H3,(H,16,17,18). The minimum atomic E-state index is 0.550. The van der Waals surface area contributed by atoms with Crippen LogP contribution in [0.5, 0.6) is 17.2 Å². The first kappa shape index (κ1) is 16.2. The highest BCUT2D eigenvalue weighted by Gasteiger charge is 2.10. The van der Waals surface area contributed by atoms with Gasteiger partial charge in [-0.05, 0) is 18.4 Å². The molecule has 1 aromatic carbocycles. The normalized spacial score (nSPS) is 10.2. The smallest absolute Gasteiger partial charge is 0.189 e. The highest BCUT2D eigenvalue weighted by atomic mass is 32.2. The Kier molecular flexibility index (Phi) is 5.71. The molecule has 7 heteroatoms. The van der Waals surface area contributed by atoms with Gasteiger partial charge >= 0.3 is 0 Å². The van der Waals surface area contributed by atoms with Gasteiger partial charge in [-0.1, -0.05) is 11.8 Å². The van der Waals surface area contributed by atoms with Crippen LogP contribution in [0.2, 0.25) is 0 Å². The zero-order valence-electron chi connectivity index (χ0n) is 13.0. The minimum Gasteiger partial charge on any atom is -0.497 e. The number of thioether (sulfide) groups is 1. The predicted molar refractivity (Wildman–Crippen MR) is 87.2 cm³/mol. The van der Waals surface area contributed by atoms with E-state index in [1.165, 1.54) is 11.8 Å². The molecule has 0 aliphatic carbocycles. The van der Waals surface area contributed by atoms with E-state index in [4.69, 9.17) is 14.2 Å². The van der Waals surface area contributed by atoms with Crippen LogP contribution in [0.25, 0.3) is 0 Å². The van der Waals surface area contributed by atoms with Gasteiger partial charge in [-0.3, -0.25) is 0 Å². The number of benzene rings is 1. The fourth-order valence-corrected chi connectivity index (χ4v) is 2.25. The molecule has 0 radical (unpaired) electrons. The first-order chi connectivity index (χ1) is 10.7. The van der Waals surface area contributed by atoms with Crippen molar-refractivity contribution in [2.45, 2.75) is 11.7 Å². The Morgan fingerprint density at radius 1 is 1.09 bits per heavy atom. The van der Waals surface area contributed by atoms with Gasteiger partial charge in [0.25, 0.3) is 0 Å². The number of hydrogen-bond acceptors (Lipinski definition) is 7. The molecule has 0 amide bonds. The molecule has 0 aliphatic rings. The number of methoxy groups -OCH3 is 3. The molecule has 0 spiro atoms. The second-order valence-electron chi connectivity index (χ2n) is 4.31. The van der Waals surface area contributed by atoms with E-state index in [1.807, 2.05) is 24.5 Å². The fourth-order valence-electron chi connectivity index (χ4n) is 1.91. The number of nitrogens with zero attached hydrogens (tertiary/aromatic N) is 2. The second-order valence-corrected chi connectivity index (χ2v) is 5.08. The van der Waals surface area contributed by atoms with Gasteiger partial charge in [0.05, 0.1) is 27.5 Å². The van der Waals surface area contributed by atoms with Gasteiger partial charge in [-0.25, -0.2) is 9.97 Å². The lowest BCUT2D eigenvalue weighted by Gasteiger charge is -2.13. The van der Waals surface area contributed by atoms with Crippen LogP contribution < -0.4 is 19.5 Å². The lowest BCUT2D eigenvalue weighted by atomic mass is 10.2. The summed E-state index contributed by atoms with van der Waals surface area (Å²) in [4.78, 5) is 8.60. The van der Waals surface area contributed by atoms with E-state index in [0.717, 1.165) is 17.1 Å². The zero-order valence-corrected chi connectivity index (χ0v) is 13.9. The highest BCUT2D eigenvalue weighted by molar-refractivity contribution is 7.98. The summed E-state index contributed by atoms with van der Waals surface area (Å²) in [5.41, 5.74) is 0.995. The van der Waals surface area contributed by atoms with Gasteiger partial charge in [-0.15, -0.1) is 0 Å². The Morgan fingerprint density at radius 3 is 2.50 bits per heavy atom. The van der Waals surface area contributed by atoms with Crippen molar-refractivity contribution in [3.63, 3.8) is 0 Å². The molecule has 6 nitrogen and oxygen atoms in total. The van der Waals surface area contributed by atoms with Crippen molar-refractivity contribution in [1.29, 1.82) is 0 Å². The maximum absolute atomic E-state index is 5.39. The first-order valence-corrected chi connectivity index (χ1v) is 7.84. The van der Waals surface area contributed by atoms with E-state index in [0.29, 0.717) is 23.3 Å². The highest BCUT2D eigenvalue weighted by Crippen LogP contribution is 2.27. The van der Waals surface area contributed by atoms with Crippen molar-refractivity contribution >= 4 is 17.6 Å². The van der Waals surface area contributed by atoms with Crippen LogP contribution in [0.4, 0.5) is 5.82 Å². The average molecular weight is 321 g/mol. The Balaban J connectivity index is 2.19. The maximum atomic E-state index is 5.39. The monoisotopic (exact) mass is 321 g/mol. The minimum absolute atomic E-state index is 0.550. The lowest BCUT2D eigenvalue weighted by molar-refractivity contribution is 0.391. The average Bonchev–Trinajstić information content (AvgIpc) is 2.59. The molecular formula is C15H19N3O3S. The molecule has 0 saturated carbocycles. The zero-order chi connectivity index (χ0) is 15.9. The quantitative estimate of drug-likeness (QED) is 0.621. The van der Waals surface area contributed by atoms with Gasteiger partial charge < -0.3 is 19.5 Å². The molecule has 1 N–H and O–H groups in total. The summed E-state index contributed by atoms with van der Waals surface area (Å²) in [5.74, 6) is 2.76. The SMILES string of the molecule is COc1ccc(CNc2nc(SC)ncc2OC)c(OC)c1. The van der Waals surface area contributed by atoms with Crippen LogP contribution in [0, 0.1) is 0 Å². The molecule has 0 bridgehead atoms. The summed E-state index contributed by atoms with van der Waals surface area (Å²) in [6, 6.07) is 5.69. The molecule has 2 rings (SSSR count). The van der Waals surface area contributed by atoms with Crippen molar-refractivity contribution in [1.82, 2.24) is 9.97 Å². The molecule has 0 unspecified atom stereocenters. The predicted octanol–water partition coefficient (Wildman–Crippen LogP) is 2.84. The number of rotatable bonds is 7. The molecule has 0 saturated heterocycles. The third-order valence-electron chi connectivity index (χ3n) is 3.08. The van der Waals surface area contributed by atoms with Gasteiger partial charge in [0.2, 0.25) is 0 Å². The molecule has 22 heavy (non-hydrogen) atoms. The maximum Gasteiger partial charge on any atom is 0.189 e. The Labute approximate surface area is 134 Å². The summed E-state index contributed by atoms with van der Waals surface area (Å²) in [5, 5.41) is 3.94. The van der Waals surface area contributed by atoms with Gasteiger partial charge in [0, 0.05) is 18.2 Å². The Hall–Kier alpha value is -2.15. The molecule has 0 aliphatic heterocycles. The van der Waals surface area contributed by atoms with Crippen LogP contribution in [0.1, 0.15) is 5.56 Å². The second kappa shape index (κ2) is 7.74. The molecule has 1 aromatic heterocycles. The van der Waals surface area contributed by atoms with Gasteiger partial charge in [-0.2, -0.15) is 0 Å². The number of nitrogens with one attached hydrogen (secondary N) is 1. The number of hydrogen-bond donors (Lipinski definition) is 1. The van der Waals surface area contributed by atoms with Gasteiger partial charge in [0.1, 0.15) is 11.5 Å². The largest absolute Gasteiger partial charge is 0.497 e. The van der Waals surface area contributed by atoms with Crippen molar-refractivity contribution < 1.29 is 14.2 Å². The van der Waals surface area contributed by atoms with E-state index in [-0.39, 0.29) is 0 Å². The van der Waals surface area contributed by atoms with Crippen molar-refractivity contribution in [2.75, 3.05) is 32.9 Å². The van der Waals surface area contributed by atoms with E-state index in [1.54, 1.807) is 27.5 Å². The van der Waals surface area contributed by atoms with Crippen LogP contribution in [-0.4, -0.2) is 37.6 Å². The molecule has 0 fully saturated rings.